The Kier molecular flexibility index (Phi) is 3.28. The molecule has 0 aromatic carbocycles. The fourth-order valence-electron chi connectivity index (χ4n) is 2.31. The van der Waals surface area contributed by atoms with Crippen LogP contribution in [0.2, 0.25) is 0 Å². The van der Waals surface area contributed by atoms with Crippen LogP contribution in [-0.2, 0) is 0 Å². The molecule has 1 N–H and O–H groups in total. The molecule has 1 unspecified atom stereocenters. The molecule has 4 heteroatoms. The third-order valence-corrected chi connectivity index (χ3v) is 6.26. The van der Waals surface area contributed by atoms with Crippen molar-refractivity contribution in [2.75, 3.05) is 7.05 Å². The van der Waals surface area contributed by atoms with Gasteiger partial charge in [-0.15, -0.1) is 34.0 Å². The van der Waals surface area contributed by atoms with Gasteiger partial charge in [0.15, 0.2) is 0 Å². The zero-order chi connectivity index (χ0) is 12.7. The Morgan fingerprint density at radius 1 is 1.11 bits per heavy atom. The molecular weight excluding hydrogens is 278 g/mol. The molecule has 0 spiro atoms. The Morgan fingerprint density at radius 3 is 2.56 bits per heavy atom. The second-order valence-electron chi connectivity index (χ2n) is 4.39. The number of aryl methyl sites for hydroxylation is 2. The van der Waals surface area contributed by atoms with E-state index in [1.54, 1.807) is 0 Å². The van der Waals surface area contributed by atoms with Gasteiger partial charge in [-0.05, 0) is 50.0 Å². The van der Waals surface area contributed by atoms with Gasteiger partial charge in [0.1, 0.15) is 0 Å². The number of nitrogens with one attached hydrogen (secondary N) is 1. The van der Waals surface area contributed by atoms with Crippen molar-refractivity contribution in [1.29, 1.82) is 0 Å². The first kappa shape index (κ1) is 12.4. The van der Waals surface area contributed by atoms with Crippen molar-refractivity contribution in [3.05, 3.63) is 43.8 Å². The van der Waals surface area contributed by atoms with Gasteiger partial charge in [0, 0.05) is 24.0 Å². The molecule has 0 aliphatic heterocycles. The minimum Gasteiger partial charge on any atom is -0.309 e. The van der Waals surface area contributed by atoms with Crippen molar-refractivity contribution >= 4 is 43.4 Å². The molecule has 0 bridgehead atoms. The van der Waals surface area contributed by atoms with Crippen molar-refractivity contribution in [3.8, 4) is 0 Å². The predicted octanol–water partition coefficient (Wildman–Crippen LogP) is 4.95. The molecule has 0 amide bonds. The fourth-order valence-corrected chi connectivity index (χ4v) is 5.53. The van der Waals surface area contributed by atoms with E-state index in [0.717, 1.165) is 0 Å². The molecule has 0 aliphatic carbocycles. The minimum atomic E-state index is 0.333. The van der Waals surface area contributed by atoms with Crippen molar-refractivity contribution in [3.63, 3.8) is 0 Å². The maximum Gasteiger partial charge on any atom is 0.0680 e. The molecule has 0 fully saturated rings. The van der Waals surface area contributed by atoms with Crippen LogP contribution in [0.1, 0.15) is 26.2 Å². The van der Waals surface area contributed by atoms with Crippen molar-refractivity contribution < 1.29 is 0 Å². The molecule has 1 nitrogen and oxygen atoms in total. The Bertz CT molecular complexity index is 646. The van der Waals surface area contributed by atoms with Crippen LogP contribution in [0.25, 0.3) is 9.40 Å². The van der Waals surface area contributed by atoms with Crippen LogP contribution in [0.3, 0.4) is 0 Å². The number of hydrogen-bond acceptors (Lipinski definition) is 4. The summed E-state index contributed by atoms with van der Waals surface area (Å²) in [6.45, 7) is 4.40. The molecule has 1 atom stereocenters. The summed E-state index contributed by atoms with van der Waals surface area (Å²) in [5, 5.41) is 5.63. The van der Waals surface area contributed by atoms with Gasteiger partial charge < -0.3 is 5.32 Å². The van der Waals surface area contributed by atoms with Gasteiger partial charge in [-0.3, -0.25) is 0 Å². The molecule has 3 heterocycles. The van der Waals surface area contributed by atoms with Crippen LogP contribution in [0.5, 0.6) is 0 Å². The van der Waals surface area contributed by atoms with Gasteiger partial charge >= 0.3 is 0 Å². The van der Waals surface area contributed by atoms with Crippen LogP contribution in [-0.4, -0.2) is 7.05 Å². The van der Waals surface area contributed by atoms with Crippen molar-refractivity contribution in [2.45, 2.75) is 19.9 Å². The molecule has 3 aromatic heterocycles. The van der Waals surface area contributed by atoms with E-state index in [2.05, 4.69) is 42.7 Å². The van der Waals surface area contributed by atoms with E-state index >= 15 is 0 Å². The van der Waals surface area contributed by atoms with E-state index in [-0.39, 0.29) is 0 Å². The minimum absolute atomic E-state index is 0.333. The van der Waals surface area contributed by atoms with Gasteiger partial charge in [0.05, 0.1) is 6.04 Å². The Hall–Kier alpha value is -0.680. The summed E-state index contributed by atoms with van der Waals surface area (Å²) >= 11 is 5.61. The molecular formula is C14H15NS3. The summed E-state index contributed by atoms with van der Waals surface area (Å²) in [7, 11) is 2.05. The van der Waals surface area contributed by atoms with Gasteiger partial charge in [0.25, 0.3) is 0 Å². The number of hydrogen-bond donors (Lipinski definition) is 1. The number of thiophene rings is 3. The van der Waals surface area contributed by atoms with E-state index in [1.807, 2.05) is 41.1 Å². The third-order valence-electron chi connectivity index (χ3n) is 3.12. The van der Waals surface area contributed by atoms with Crippen LogP contribution in [0, 0.1) is 13.8 Å². The van der Waals surface area contributed by atoms with Gasteiger partial charge in [-0.1, -0.05) is 0 Å². The number of rotatable bonds is 3. The van der Waals surface area contributed by atoms with Crippen molar-refractivity contribution in [1.82, 2.24) is 5.32 Å². The summed E-state index contributed by atoms with van der Waals surface area (Å²) < 4.78 is 2.81. The summed E-state index contributed by atoms with van der Waals surface area (Å²) in [5.74, 6) is 0. The van der Waals surface area contributed by atoms with E-state index in [4.69, 9.17) is 0 Å². The van der Waals surface area contributed by atoms with Gasteiger partial charge in [0.2, 0.25) is 0 Å². The first-order chi connectivity index (χ1) is 8.69. The molecule has 3 aromatic rings. The standard InChI is InChI=1S/C14H15NS3/c1-8-6-10(9(2)17-8)14(15-3)13-7-12-11(18-13)4-5-16-12/h4-7,14-15H,1-3H3. The smallest absolute Gasteiger partial charge is 0.0680 e. The first-order valence-electron chi connectivity index (χ1n) is 5.90. The largest absolute Gasteiger partial charge is 0.309 e. The zero-order valence-corrected chi connectivity index (χ0v) is 13.1. The van der Waals surface area contributed by atoms with E-state index in [1.165, 1.54) is 29.6 Å². The highest BCUT2D eigenvalue weighted by Crippen LogP contribution is 2.38. The second-order valence-corrected chi connectivity index (χ2v) is 7.91. The molecule has 18 heavy (non-hydrogen) atoms. The first-order valence-corrected chi connectivity index (χ1v) is 8.41. The van der Waals surface area contributed by atoms with Crippen LogP contribution in [0.4, 0.5) is 0 Å². The Morgan fingerprint density at radius 2 is 1.94 bits per heavy atom. The molecule has 0 saturated carbocycles. The Balaban J connectivity index is 2.06. The second kappa shape index (κ2) is 4.78. The summed E-state index contributed by atoms with van der Waals surface area (Å²) in [6, 6.07) is 7.19. The van der Waals surface area contributed by atoms with Crippen LogP contribution >= 0.6 is 34.0 Å². The lowest BCUT2D eigenvalue weighted by Gasteiger charge is -2.14. The van der Waals surface area contributed by atoms with Crippen LogP contribution in [0.15, 0.2) is 23.6 Å². The average molecular weight is 293 g/mol. The molecule has 3 rings (SSSR count). The average Bonchev–Trinajstić information content (AvgIpc) is 2.95. The van der Waals surface area contributed by atoms with E-state index in [9.17, 15) is 0 Å². The van der Waals surface area contributed by atoms with Gasteiger partial charge in [-0.2, -0.15) is 0 Å². The van der Waals surface area contributed by atoms with Crippen LogP contribution < -0.4 is 5.32 Å². The summed E-state index contributed by atoms with van der Waals surface area (Å²) in [4.78, 5) is 4.23. The normalized spacial score (nSPS) is 13.3. The molecule has 94 valence electrons. The summed E-state index contributed by atoms with van der Waals surface area (Å²) in [5.41, 5.74) is 1.42. The lowest BCUT2D eigenvalue weighted by Crippen LogP contribution is -2.16. The molecule has 0 aliphatic rings. The zero-order valence-electron chi connectivity index (χ0n) is 10.6. The SMILES string of the molecule is CNC(c1cc2sccc2s1)c1cc(C)sc1C. The summed E-state index contributed by atoms with van der Waals surface area (Å²) in [6.07, 6.45) is 0. The quantitative estimate of drug-likeness (QED) is 0.720. The highest BCUT2D eigenvalue weighted by atomic mass is 32.1. The predicted molar refractivity (Wildman–Crippen MR) is 84.4 cm³/mol. The lowest BCUT2D eigenvalue weighted by atomic mass is 10.1. The maximum atomic E-state index is 3.46. The monoisotopic (exact) mass is 293 g/mol. The fraction of sp³-hybridized carbons (Fsp3) is 0.286. The van der Waals surface area contributed by atoms with Gasteiger partial charge in [-0.25, -0.2) is 0 Å². The molecule has 0 radical (unpaired) electrons. The lowest BCUT2D eigenvalue weighted by molar-refractivity contribution is 0.703. The van der Waals surface area contributed by atoms with E-state index in [0.29, 0.717) is 6.04 Å². The Labute approximate surface area is 119 Å². The van der Waals surface area contributed by atoms with E-state index < -0.39 is 0 Å². The topological polar surface area (TPSA) is 12.0 Å². The number of fused-ring (bicyclic) bond motifs is 1. The highest BCUT2D eigenvalue weighted by molar-refractivity contribution is 7.27. The van der Waals surface area contributed by atoms with Crippen molar-refractivity contribution in [2.24, 2.45) is 0 Å². The molecule has 0 saturated heterocycles. The highest BCUT2D eigenvalue weighted by Gasteiger charge is 2.18. The maximum absolute atomic E-state index is 3.46. The third kappa shape index (κ3) is 2.03.